The molecule has 2 aromatic carbocycles. The van der Waals surface area contributed by atoms with Gasteiger partial charge in [-0.3, -0.25) is 9.59 Å². The molecule has 0 spiro atoms. The quantitative estimate of drug-likeness (QED) is 0.432. The second kappa shape index (κ2) is 9.26. The maximum atomic E-state index is 13.2. The molecule has 10 heteroatoms. The van der Waals surface area contributed by atoms with Crippen LogP contribution in [0.1, 0.15) is 33.2 Å². The van der Waals surface area contributed by atoms with Crippen LogP contribution in [0.3, 0.4) is 0 Å². The number of rotatable bonds is 6. The Bertz CT molecular complexity index is 1330. The van der Waals surface area contributed by atoms with E-state index in [2.05, 4.69) is 15.7 Å². The van der Waals surface area contributed by atoms with Crippen LogP contribution in [0.4, 0.5) is 18.9 Å². The molecule has 34 heavy (non-hydrogen) atoms. The van der Waals surface area contributed by atoms with Gasteiger partial charge in [-0.2, -0.15) is 18.3 Å². The molecule has 0 bridgehead atoms. The first-order chi connectivity index (χ1) is 16.3. The third kappa shape index (κ3) is 4.70. The second-order valence-electron chi connectivity index (χ2n) is 7.33. The van der Waals surface area contributed by atoms with E-state index < -0.39 is 17.6 Å². The molecule has 0 atom stereocenters. The van der Waals surface area contributed by atoms with Crippen molar-refractivity contribution in [2.45, 2.75) is 13.1 Å². The molecular weight excluding hydrogens is 447 g/mol. The molecule has 174 valence electrons. The van der Waals surface area contributed by atoms with E-state index in [0.717, 1.165) is 12.1 Å². The molecule has 0 fully saturated rings. The number of benzene rings is 2. The first-order valence-corrected chi connectivity index (χ1v) is 10.4. The van der Waals surface area contributed by atoms with Crippen molar-refractivity contribution in [3.63, 3.8) is 0 Å². The number of hydrogen-bond donors (Lipinski definition) is 2. The molecule has 2 aromatic heterocycles. The van der Waals surface area contributed by atoms with Gasteiger partial charge in [0, 0.05) is 30.2 Å². The molecule has 4 aromatic rings. The predicted octanol–water partition coefficient (Wildman–Crippen LogP) is 4.68. The van der Waals surface area contributed by atoms with Gasteiger partial charge in [0.2, 0.25) is 0 Å². The summed E-state index contributed by atoms with van der Waals surface area (Å²) < 4.78 is 42.6. The largest absolute Gasteiger partial charge is 0.416 e. The smallest absolute Gasteiger partial charge is 0.352 e. The van der Waals surface area contributed by atoms with E-state index in [9.17, 15) is 22.8 Å². The minimum Gasteiger partial charge on any atom is -0.352 e. The van der Waals surface area contributed by atoms with Crippen LogP contribution in [0.2, 0.25) is 0 Å². The van der Waals surface area contributed by atoms with Crippen molar-refractivity contribution in [2.24, 2.45) is 0 Å². The number of halogens is 3. The zero-order valence-corrected chi connectivity index (χ0v) is 18.0. The average molecular weight is 467 g/mol. The van der Waals surface area contributed by atoms with Crippen molar-refractivity contribution in [1.82, 2.24) is 19.7 Å². The maximum Gasteiger partial charge on any atom is 0.416 e. The lowest BCUT2D eigenvalue weighted by molar-refractivity contribution is -0.137. The fourth-order valence-corrected chi connectivity index (χ4v) is 3.43. The lowest BCUT2D eigenvalue weighted by Crippen LogP contribution is -2.23. The van der Waals surface area contributed by atoms with Gasteiger partial charge >= 0.3 is 6.18 Å². The molecule has 0 aliphatic carbocycles. The molecule has 0 aliphatic rings. The number of amides is 2. The van der Waals surface area contributed by atoms with Crippen molar-refractivity contribution in [3.8, 4) is 11.5 Å². The summed E-state index contributed by atoms with van der Waals surface area (Å²) >= 11 is 0. The number of nitrogens with one attached hydrogen (secondary N) is 2. The Hall–Kier alpha value is -4.34. The van der Waals surface area contributed by atoms with Gasteiger partial charge in [0.1, 0.15) is 5.56 Å². The minimum atomic E-state index is -4.52. The van der Waals surface area contributed by atoms with Crippen LogP contribution in [-0.2, 0) is 6.18 Å². The first kappa shape index (κ1) is 22.8. The van der Waals surface area contributed by atoms with Crippen molar-refractivity contribution < 1.29 is 22.8 Å². The minimum absolute atomic E-state index is 0.136. The Morgan fingerprint density at radius 1 is 0.971 bits per heavy atom. The zero-order valence-electron chi connectivity index (χ0n) is 18.0. The lowest BCUT2D eigenvalue weighted by atomic mass is 10.1. The van der Waals surface area contributed by atoms with Gasteiger partial charge in [0.05, 0.1) is 17.4 Å². The number of nitrogens with zero attached hydrogens (tertiary/aromatic N) is 3. The van der Waals surface area contributed by atoms with Gasteiger partial charge in [-0.25, -0.2) is 4.68 Å². The number of anilines is 1. The van der Waals surface area contributed by atoms with Gasteiger partial charge in [-0.05, 0) is 55.5 Å². The maximum absolute atomic E-state index is 13.2. The second-order valence-corrected chi connectivity index (χ2v) is 7.33. The third-order valence-corrected chi connectivity index (χ3v) is 4.98. The highest BCUT2D eigenvalue weighted by molar-refractivity contribution is 6.07. The molecule has 7 nitrogen and oxygen atoms in total. The molecule has 4 rings (SSSR count). The molecule has 0 saturated carbocycles. The van der Waals surface area contributed by atoms with Gasteiger partial charge in [-0.15, -0.1) is 0 Å². The normalized spacial score (nSPS) is 11.3. The van der Waals surface area contributed by atoms with Crippen LogP contribution in [0.25, 0.3) is 11.5 Å². The standard InChI is InChI=1S/C24H20F3N5O2/c1-2-28-21(33)16-7-5-9-18(13-16)30-22(34)20-15-29-32(23(20)31-11-3-4-12-31)19-10-6-8-17(14-19)24(25,26)27/h3-15H,2H2,1H3,(H,28,33)(H,30,34). The van der Waals surface area contributed by atoms with Crippen LogP contribution < -0.4 is 10.6 Å². The Balaban J connectivity index is 1.72. The molecule has 2 heterocycles. The monoisotopic (exact) mass is 467 g/mol. The number of alkyl halides is 3. The van der Waals surface area contributed by atoms with E-state index in [-0.39, 0.29) is 23.0 Å². The summed E-state index contributed by atoms with van der Waals surface area (Å²) in [5.41, 5.74) is 0.226. The highest BCUT2D eigenvalue weighted by Crippen LogP contribution is 2.31. The Labute approximate surface area is 192 Å². The Morgan fingerprint density at radius 3 is 2.41 bits per heavy atom. The number of carbonyl (C=O) groups is 2. The summed E-state index contributed by atoms with van der Waals surface area (Å²) in [5, 5.41) is 9.62. The molecular formula is C24H20F3N5O2. The van der Waals surface area contributed by atoms with Crippen molar-refractivity contribution in [1.29, 1.82) is 0 Å². The topological polar surface area (TPSA) is 81.0 Å². The summed E-state index contributed by atoms with van der Waals surface area (Å²) in [6, 6.07) is 14.6. The first-order valence-electron chi connectivity index (χ1n) is 10.4. The molecule has 2 amide bonds. The van der Waals surface area contributed by atoms with Gasteiger partial charge in [0.15, 0.2) is 5.82 Å². The summed E-state index contributed by atoms with van der Waals surface area (Å²) in [4.78, 5) is 25.2. The van der Waals surface area contributed by atoms with E-state index in [4.69, 9.17) is 0 Å². The fraction of sp³-hybridized carbons (Fsp3) is 0.125. The van der Waals surface area contributed by atoms with Crippen LogP contribution in [0, 0.1) is 0 Å². The summed E-state index contributed by atoms with van der Waals surface area (Å²) in [5.74, 6) is -0.541. The predicted molar refractivity (Wildman–Crippen MR) is 120 cm³/mol. The van der Waals surface area contributed by atoms with Crippen molar-refractivity contribution in [2.75, 3.05) is 11.9 Å². The van der Waals surface area contributed by atoms with Crippen molar-refractivity contribution >= 4 is 17.5 Å². The highest BCUT2D eigenvalue weighted by atomic mass is 19.4. The van der Waals surface area contributed by atoms with Gasteiger partial charge < -0.3 is 15.2 Å². The molecule has 0 saturated heterocycles. The van der Waals surface area contributed by atoms with E-state index in [1.165, 1.54) is 29.1 Å². The SMILES string of the molecule is CCNC(=O)c1cccc(NC(=O)c2cnn(-c3cccc(C(F)(F)F)c3)c2-n2cccc2)c1. The number of hydrogen-bond acceptors (Lipinski definition) is 3. The van der Waals surface area contributed by atoms with Crippen LogP contribution in [0.15, 0.2) is 79.3 Å². The van der Waals surface area contributed by atoms with E-state index in [1.54, 1.807) is 54.2 Å². The summed E-state index contributed by atoms with van der Waals surface area (Å²) in [6.07, 6.45) is 0.0891. The average Bonchev–Trinajstić information content (AvgIpc) is 3.49. The third-order valence-electron chi connectivity index (χ3n) is 4.98. The highest BCUT2D eigenvalue weighted by Gasteiger charge is 2.31. The molecule has 0 radical (unpaired) electrons. The lowest BCUT2D eigenvalue weighted by Gasteiger charge is -2.13. The molecule has 0 unspecified atom stereocenters. The van der Waals surface area contributed by atoms with E-state index in [1.807, 2.05) is 0 Å². The molecule has 0 aliphatic heterocycles. The summed E-state index contributed by atoms with van der Waals surface area (Å²) in [6.45, 7) is 2.26. The van der Waals surface area contributed by atoms with Crippen LogP contribution in [-0.4, -0.2) is 32.7 Å². The molecule has 2 N–H and O–H groups in total. The van der Waals surface area contributed by atoms with E-state index in [0.29, 0.717) is 17.8 Å². The van der Waals surface area contributed by atoms with Crippen LogP contribution >= 0.6 is 0 Å². The number of carbonyl (C=O) groups excluding carboxylic acids is 2. The van der Waals surface area contributed by atoms with Gasteiger partial charge in [-0.1, -0.05) is 12.1 Å². The Kier molecular flexibility index (Phi) is 6.22. The number of aromatic nitrogens is 3. The fourth-order valence-electron chi connectivity index (χ4n) is 3.43. The van der Waals surface area contributed by atoms with E-state index >= 15 is 0 Å². The Morgan fingerprint density at radius 2 is 1.71 bits per heavy atom. The summed E-state index contributed by atoms with van der Waals surface area (Å²) in [7, 11) is 0. The van der Waals surface area contributed by atoms with Crippen molar-refractivity contribution in [3.05, 3.63) is 95.9 Å². The zero-order chi connectivity index (χ0) is 24.3. The van der Waals surface area contributed by atoms with Crippen LogP contribution in [0.5, 0.6) is 0 Å². The van der Waals surface area contributed by atoms with Gasteiger partial charge in [0.25, 0.3) is 11.8 Å².